The summed E-state index contributed by atoms with van der Waals surface area (Å²) in [6, 6.07) is 16.2. The third-order valence-electron chi connectivity index (χ3n) is 5.46. The summed E-state index contributed by atoms with van der Waals surface area (Å²) in [6.45, 7) is 3.11. The lowest BCUT2D eigenvalue weighted by Crippen LogP contribution is -2.40. The molecule has 3 rings (SSSR count). The maximum Gasteiger partial charge on any atom is 0.265 e. The minimum atomic E-state index is -4.30. The van der Waals surface area contributed by atoms with Gasteiger partial charge in [0.2, 0.25) is 0 Å². The van der Waals surface area contributed by atoms with Crippen molar-refractivity contribution in [2.45, 2.75) is 18.7 Å². The van der Waals surface area contributed by atoms with Crippen LogP contribution in [0.3, 0.4) is 0 Å². The highest BCUT2D eigenvalue weighted by Gasteiger charge is 2.30. The van der Waals surface area contributed by atoms with Crippen LogP contribution in [0.5, 0.6) is 17.2 Å². The molecule has 0 atom stereocenters. The van der Waals surface area contributed by atoms with E-state index in [2.05, 4.69) is 10.5 Å². The first-order valence-corrected chi connectivity index (χ1v) is 12.9. The number of ether oxygens (including phenoxy) is 3. The number of benzene rings is 3. The minimum absolute atomic E-state index is 0.0826. The van der Waals surface area contributed by atoms with Gasteiger partial charge >= 0.3 is 0 Å². The topological polar surface area (TPSA) is 107 Å². The molecule has 0 heterocycles. The SMILES string of the molecule is COc1ccc(S(=O)(=O)N(CC(=O)N/N=C(/C)c2ccc(C)cc2)c2cc(Cl)ccc2OC)cc1OC. The van der Waals surface area contributed by atoms with Crippen molar-refractivity contribution >= 4 is 38.9 Å². The number of nitrogens with zero attached hydrogens (tertiary/aromatic N) is 2. The Kier molecular flexibility index (Phi) is 9.01. The number of sulfonamides is 1. The molecule has 1 amide bonds. The Labute approximate surface area is 221 Å². The molecular weight excluding hydrogens is 518 g/mol. The Bertz CT molecular complexity index is 1410. The summed E-state index contributed by atoms with van der Waals surface area (Å²) < 4.78 is 44.4. The molecule has 0 aromatic heterocycles. The Morgan fingerprint density at radius 3 is 2.16 bits per heavy atom. The van der Waals surface area contributed by atoms with Crippen molar-refractivity contribution in [3.63, 3.8) is 0 Å². The van der Waals surface area contributed by atoms with E-state index in [1.54, 1.807) is 13.0 Å². The van der Waals surface area contributed by atoms with Crippen LogP contribution in [-0.4, -0.2) is 47.9 Å². The molecule has 1 N–H and O–H groups in total. The molecule has 0 aliphatic heterocycles. The Hall–Kier alpha value is -3.76. The highest BCUT2D eigenvalue weighted by molar-refractivity contribution is 7.92. The fraction of sp³-hybridized carbons (Fsp3) is 0.231. The largest absolute Gasteiger partial charge is 0.495 e. The number of nitrogens with one attached hydrogen (secondary N) is 1. The zero-order valence-corrected chi connectivity index (χ0v) is 22.7. The summed E-state index contributed by atoms with van der Waals surface area (Å²) in [7, 11) is -0.0699. The van der Waals surface area contributed by atoms with Gasteiger partial charge < -0.3 is 14.2 Å². The van der Waals surface area contributed by atoms with Gasteiger partial charge in [0.25, 0.3) is 15.9 Å². The number of methoxy groups -OCH3 is 3. The van der Waals surface area contributed by atoms with E-state index in [1.165, 1.54) is 51.7 Å². The van der Waals surface area contributed by atoms with Crippen molar-refractivity contribution in [3.8, 4) is 17.2 Å². The van der Waals surface area contributed by atoms with Gasteiger partial charge in [-0.1, -0.05) is 41.4 Å². The summed E-state index contributed by atoms with van der Waals surface area (Å²) in [4.78, 5) is 12.8. The lowest BCUT2D eigenvalue weighted by atomic mass is 10.1. The van der Waals surface area contributed by atoms with Gasteiger partial charge in [-0.15, -0.1) is 0 Å². The van der Waals surface area contributed by atoms with Crippen molar-refractivity contribution in [2.75, 3.05) is 32.2 Å². The average Bonchev–Trinajstić information content (AvgIpc) is 2.90. The number of carbonyl (C=O) groups excluding carboxylic acids is 1. The van der Waals surface area contributed by atoms with Crippen molar-refractivity contribution in [3.05, 3.63) is 76.8 Å². The van der Waals surface area contributed by atoms with E-state index >= 15 is 0 Å². The summed E-state index contributed by atoms with van der Waals surface area (Å²) in [5.41, 5.74) is 4.98. The lowest BCUT2D eigenvalue weighted by molar-refractivity contribution is -0.119. The number of rotatable bonds is 10. The van der Waals surface area contributed by atoms with Gasteiger partial charge in [-0.25, -0.2) is 13.8 Å². The van der Waals surface area contributed by atoms with Gasteiger partial charge in [0.15, 0.2) is 11.5 Å². The molecule has 0 radical (unpaired) electrons. The number of carbonyl (C=O) groups is 1. The molecule has 0 unspecified atom stereocenters. The van der Waals surface area contributed by atoms with E-state index in [1.807, 2.05) is 31.2 Å². The fourth-order valence-electron chi connectivity index (χ4n) is 3.43. The Morgan fingerprint density at radius 2 is 1.54 bits per heavy atom. The molecule has 11 heteroatoms. The number of hydrazone groups is 1. The minimum Gasteiger partial charge on any atom is -0.495 e. The summed E-state index contributed by atoms with van der Waals surface area (Å²) >= 11 is 6.18. The van der Waals surface area contributed by atoms with Gasteiger partial charge in [-0.3, -0.25) is 9.10 Å². The number of hydrogen-bond donors (Lipinski definition) is 1. The molecule has 0 aliphatic carbocycles. The highest BCUT2D eigenvalue weighted by Crippen LogP contribution is 2.36. The summed E-state index contributed by atoms with van der Waals surface area (Å²) in [5, 5.41) is 4.40. The molecule has 0 saturated heterocycles. The van der Waals surface area contributed by atoms with E-state index < -0.39 is 22.5 Å². The molecule has 9 nitrogen and oxygen atoms in total. The molecule has 0 aliphatic rings. The quantitative estimate of drug-likeness (QED) is 0.299. The number of amides is 1. The fourth-order valence-corrected chi connectivity index (χ4v) is 5.04. The zero-order valence-electron chi connectivity index (χ0n) is 21.1. The number of anilines is 1. The van der Waals surface area contributed by atoms with Crippen LogP contribution in [0.4, 0.5) is 5.69 Å². The first kappa shape index (κ1) is 27.8. The van der Waals surface area contributed by atoms with Gasteiger partial charge in [0, 0.05) is 11.1 Å². The standard InChI is InChI=1S/C26H28ClN3O6S/c1-17-6-8-19(9-7-17)18(2)28-29-26(31)16-30(22-14-20(27)10-12-23(22)34-3)37(32,33)21-11-13-24(35-4)25(15-21)36-5/h6-15H,16H2,1-5H3,(H,29,31)/b28-18-. The molecule has 37 heavy (non-hydrogen) atoms. The third-order valence-corrected chi connectivity index (χ3v) is 7.45. The highest BCUT2D eigenvalue weighted by atomic mass is 35.5. The summed E-state index contributed by atoms with van der Waals surface area (Å²) in [5.74, 6) is 0.106. The van der Waals surface area contributed by atoms with Crippen LogP contribution in [0, 0.1) is 6.92 Å². The maximum atomic E-state index is 13.8. The second kappa shape index (κ2) is 12.0. The van der Waals surface area contributed by atoms with Crippen molar-refractivity contribution in [1.82, 2.24) is 5.43 Å². The van der Waals surface area contributed by atoms with Gasteiger partial charge in [-0.2, -0.15) is 5.10 Å². The second-order valence-corrected chi connectivity index (χ2v) is 10.2. The first-order valence-electron chi connectivity index (χ1n) is 11.1. The number of hydrogen-bond acceptors (Lipinski definition) is 7. The second-order valence-electron chi connectivity index (χ2n) is 7.94. The van der Waals surface area contributed by atoms with E-state index in [0.717, 1.165) is 15.4 Å². The number of aryl methyl sites for hydroxylation is 1. The molecule has 0 bridgehead atoms. The number of halogens is 1. The smallest absolute Gasteiger partial charge is 0.265 e. The molecular formula is C26H28ClN3O6S. The molecule has 3 aromatic carbocycles. The van der Waals surface area contributed by atoms with Crippen LogP contribution >= 0.6 is 11.6 Å². The molecule has 196 valence electrons. The van der Waals surface area contributed by atoms with E-state index in [4.69, 9.17) is 25.8 Å². The predicted molar refractivity (Wildman–Crippen MR) is 144 cm³/mol. The first-order chi connectivity index (χ1) is 17.6. The van der Waals surface area contributed by atoms with E-state index in [0.29, 0.717) is 11.5 Å². The zero-order chi connectivity index (χ0) is 27.2. The van der Waals surface area contributed by atoms with Crippen molar-refractivity contribution in [2.24, 2.45) is 5.10 Å². The maximum absolute atomic E-state index is 13.8. The van der Waals surface area contributed by atoms with Crippen LogP contribution < -0.4 is 23.9 Å². The van der Waals surface area contributed by atoms with Crippen LogP contribution in [0.25, 0.3) is 0 Å². The normalized spacial score (nSPS) is 11.6. The third kappa shape index (κ3) is 6.52. The van der Waals surface area contributed by atoms with Gasteiger partial charge in [0.1, 0.15) is 12.3 Å². The molecule has 0 saturated carbocycles. The molecule has 0 spiro atoms. The van der Waals surface area contributed by atoms with Crippen LogP contribution in [0.2, 0.25) is 5.02 Å². The Balaban J connectivity index is 2.00. The van der Waals surface area contributed by atoms with Crippen LogP contribution in [-0.2, 0) is 14.8 Å². The van der Waals surface area contributed by atoms with Crippen molar-refractivity contribution in [1.29, 1.82) is 0 Å². The van der Waals surface area contributed by atoms with E-state index in [-0.39, 0.29) is 27.1 Å². The lowest BCUT2D eigenvalue weighted by Gasteiger charge is -2.26. The monoisotopic (exact) mass is 545 g/mol. The van der Waals surface area contributed by atoms with Crippen LogP contribution in [0.15, 0.2) is 70.7 Å². The van der Waals surface area contributed by atoms with Gasteiger partial charge in [0.05, 0.1) is 37.6 Å². The van der Waals surface area contributed by atoms with Crippen LogP contribution in [0.1, 0.15) is 18.1 Å². The Morgan fingerprint density at radius 1 is 0.919 bits per heavy atom. The van der Waals surface area contributed by atoms with E-state index in [9.17, 15) is 13.2 Å². The predicted octanol–water partition coefficient (Wildman–Crippen LogP) is 4.41. The average molecular weight is 546 g/mol. The molecule has 3 aromatic rings. The molecule has 0 fully saturated rings. The summed E-state index contributed by atoms with van der Waals surface area (Å²) in [6.07, 6.45) is 0. The van der Waals surface area contributed by atoms with Gasteiger partial charge in [-0.05, 0) is 49.7 Å². The van der Waals surface area contributed by atoms with Crippen molar-refractivity contribution < 1.29 is 27.4 Å².